The van der Waals surface area contributed by atoms with Crippen LogP contribution in [0.2, 0.25) is 0 Å². The Morgan fingerprint density at radius 3 is 2.67 bits per heavy atom. The van der Waals surface area contributed by atoms with Gasteiger partial charge >= 0.3 is 0 Å². The van der Waals surface area contributed by atoms with Crippen molar-refractivity contribution in [3.8, 4) is 11.5 Å². The molecule has 0 saturated heterocycles. The van der Waals surface area contributed by atoms with Gasteiger partial charge in [-0.05, 0) is 36.2 Å². The number of hydrogen-bond donors (Lipinski definition) is 0. The number of pyridine rings is 1. The summed E-state index contributed by atoms with van der Waals surface area (Å²) in [6.07, 6.45) is 1.75. The van der Waals surface area contributed by atoms with Crippen molar-refractivity contribution in [2.24, 2.45) is 5.92 Å². The van der Waals surface area contributed by atoms with Gasteiger partial charge in [0, 0.05) is 18.3 Å². The Hall–Kier alpha value is -2.56. The first-order valence-corrected chi connectivity index (χ1v) is 8.22. The van der Waals surface area contributed by atoms with Gasteiger partial charge in [-0.3, -0.25) is 9.78 Å². The smallest absolute Gasteiger partial charge is 0.254 e. The lowest BCUT2D eigenvalue weighted by Gasteiger charge is -2.25. The number of fused-ring (bicyclic) bond motifs is 1. The molecule has 0 fully saturated rings. The molecule has 126 valence electrons. The molecule has 1 aliphatic rings. The van der Waals surface area contributed by atoms with Crippen molar-refractivity contribution in [3.05, 3.63) is 53.9 Å². The van der Waals surface area contributed by atoms with E-state index in [1.807, 2.05) is 23.1 Å². The molecule has 1 aliphatic heterocycles. The zero-order valence-electron chi connectivity index (χ0n) is 14.1. The third-order valence-electron chi connectivity index (χ3n) is 3.74. The molecule has 2 heterocycles. The Bertz CT molecular complexity index is 701. The van der Waals surface area contributed by atoms with Gasteiger partial charge in [-0.2, -0.15) is 0 Å². The number of nitrogens with zero attached hydrogens (tertiary/aromatic N) is 2. The van der Waals surface area contributed by atoms with Crippen molar-refractivity contribution >= 4 is 5.91 Å². The summed E-state index contributed by atoms with van der Waals surface area (Å²) in [6.45, 7) is 6.41. The van der Waals surface area contributed by atoms with E-state index in [1.165, 1.54) is 0 Å². The van der Waals surface area contributed by atoms with Crippen molar-refractivity contribution in [3.63, 3.8) is 0 Å². The van der Waals surface area contributed by atoms with E-state index in [4.69, 9.17) is 9.47 Å². The van der Waals surface area contributed by atoms with Gasteiger partial charge in [0.15, 0.2) is 11.5 Å². The average Bonchev–Trinajstić information content (AvgIpc) is 2.60. The second-order valence-electron chi connectivity index (χ2n) is 6.26. The molecule has 5 heteroatoms. The van der Waals surface area contributed by atoms with E-state index in [0.29, 0.717) is 49.3 Å². The molecule has 1 aromatic heterocycles. The highest BCUT2D eigenvalue weighted by Crippen LogP contribution is 2.31. The second-order valence-corrected chi connectivity index (χ2v) is 6.26. The minimum atomic E-state index is -0.0219. The summed E-state index contributed by atoms with van der Waals surface area (Å²) in [5, 5.41) is 0. The van der Waals surface area contributed by atoms with Crippen LogP contribution in [0.15, 0.2) is 42.6 Å². The van der Waals surface area contributed by atoms with Crippen LogP contribution in [-0.2, 0) is 6.54 Å². The summed E-state index contributed by atoms with van der Waals surface area (Å²) >= 11 is 0. The summed E-state index contributed by atoms with van der Waals surface area (Å²) < 4.78 is 11.1. The van der Waals surface area contributed by atoms with Crippen molar-refractivity contribution in [2.45, 2.75) is 20.4 Å². The number of ether oxygens (including phenoxy) is 2. The first-order valence-electron chi connectivity index (χ1n) is 8.22. The van der Waals surface area contributed by atoms with E-state index >= 15 is 0 Å². The molecule has 1 aromatic carbocycles. The van der Waals surface area contributed by atoms with Gasteiger partial charge in [0.05, 0.1) is 12.2 Å². The van der Waals surface area contributed by atoms with Gasteiger partial charge in [0.2, 0.25) is 0 Å². The summed E-state index contributed by atoms with van der Waals surface area (Å²) in [5.41, 5.74) is 1.49. The minimum absolute atomic E-state index is 0.0219. The molecule has 0 unspecified atom stereocenters. The molecule has 5 nitrogen and oxygen atoms in total. The lowest BCUT2D eigenvalue weighted by Crippen LogP contribution is -2.34. The number of hydrogen-bond acceptors (Lipinski definition) is 4. The zero-order valence-corrected chi connectivity index (χ0v) is 14.1. The molecule has 0 N–H and O–H groups in total. The van der Waals surface area contributed by atoms with Crippen LogP contribution in [-0.4, -0.2) is 35.5 Å². The predicted molar refractivity (Wildman–Crippen MR) is 91.2 cm³/mol. The van der Waals surface area contributed by atoms with Crippen LogP contribution in [0.25, 0.3) is 0 Å². The summed E-state index contributed by atoms with van der Waals surface area (Å²) in [4.78, 5) is 19.1. The number of amides is 1. The largest absolute Gasteiger partial charge is 0.486 e. The molecular weight excluding hydrogens is 304 g/mol. The lowest BCUT2D eigenvalue weighted by atomic mass is 10.1. The third kappa shape index (κ3) is 3.85. The van der Waals surface area contributed by atoms with Gasteiger partial charge in [0.1, 0.15) is 13.2 Å². The number of rotatable bonds is 5. The fourth-order valence-electron chi connectivity index (χ4n) is 2.71. The van der Waals surface area contributed by atoms with Crippen LogP contribution in [0.3, 0.4) is 0 Å². The van der Waals surface area contributed by atoms with Crippen molar-refractivity contribution in [2.75, 3.05) is 19.8 Å². The average molecular weight is 326 g/mol. The Kier molecular flexibility index (Phi) is 4.99. The molecule has 1 amide bonds. The van der Waals surface area contributed by atoms with Gasteiger partial charge < -0.3 is 14.4 Å². The number of carbonyl (C=O) groups is 1. The quantitative estimate of drug-likeness (QED) is 0.847. The minimum Gasteiger partial charge on any atom is -0.486 e. The van der Waals surface area contributed by atoms with Crippen LogP contribution in [0.1, 0.15) is 29.9 Å². The fourth-order valence-corrected chi connectivity index (χ4v) is 2.71. The van der Waals surface area contributed by atoms with Gasteiger partial charge in [-0.15, -0.1) is 0 Å². The van der Waals surface area contributed by atoms with E-state index in [2.05, 4.69) is 18.8 Å². The highest BCUT2D eigenvalue weighted by Gasteiger charge is 2.20. The molecule has 24 heavy (non-hydrogen) atoms. The maximum absolute atomic E-state index is 13.0. The summed E-state index contributed by atoms with van der Waals surface area (Å²) in [6, 6.07) is 11.1. The monoisotopic (exact) mass is 326 g/mol. The lowest BCUT2D eigenvalue weighted by molar-refractivity contribution is 0.0719. The van der Waals surface area contributed by atoms with Crippen molar-refractivity contribution < 1.29 is 14.3 Å². The Labute approximate surface area is 142 Å². The number of aromatic nitrogens is 1. The van der Waals surface area contributed by atoms with E-state index < -0.39 is 0 Å². The second kappa shape index (κ2) is 7.34. The third-order valence-corrected chi connectivity index (χ3v) is 3.74. The summed E-state index contributed by atoms with van der Waals surface area (Å²) in [5.74, 6) is 1.67. The molecule has 2 aromatic rings. The molecule has 3 rings (SSSR count). The molecule has 0 atom stereocenters. The van der Waals surface area contributed by atoms with E-state index in [1.54, 1.807) is 24.4 Å². The van der Waals surface area contributed by atoms with Crippen LogP contribution in [0, 0.1) is 5.92 Å². The van der Waals surface area contributed by atoms with Crippen LogP contribution in [0.5, 0.6) is 11.5 Å². The van der Waals surface area contributed by atoms with E-state index in [9.17, 15) is 4.79 Å². The van der Waals surface area contributed by atoms with E-state index in [0.717, 1.165) is 5.69 Å². The number of benzene rings is 1. The zero-order chi connectivity index (χ0) is 16.9. The molecule has 0 radical (unpaired) electrons. The van der Waals surface area contributed by atoms with Crippen molar-refractivity contribution in [1.82, 2.24) is 9.88 Å². The van der Waals surface area contributed by atoms with Crippen LogP contribution >= 0.6 is 0 Å². The normalized spacial score (nSPS) is 13.0. The Morgan fingerprint density at radius 1 is 1.17 bits per heavy atom. The molecular formula is C19H22N2O3. The first-order chi connectivity index (χ1) is 11.6. The predicted octanol–water partition coefficient (Wildman–Crippen LogP) is 3.15. The summed E-state index contributed by atoms with van der Waals surface area (Å²) in [7, 11) is 0. The maximum Gasteiger partial charge on any atom is 0.254 e. The van der Waals surface area contributed by atoms with Gasteiger partial charge in [0.25, 0.3) is 5.91 Å². The Balaban J connectivity index is 1.82. The van der Waals surface area contributed by atoms with Gasteiger partial charge in [-0.25, -0.2) is 0 Å². The fraction of sp³-hybridized carbons (Fsp3) is 0.368. The van der Waals surface area contributed by atoms with Crippen LogP contribution in [0.4, 0.5) is 0 Å². The van der Waals surface area contributed by atoms with Crippen molar-refractivity contribution in [1.29, 1.82) is 0 Å². The molecule has 0 spiro atoms. The molecule has 0 bridgehead atoms. The maximum atomic E-state index is 13.0. The molecule has 0 saturated carbocycles. The van der Waals surface area contributed by atoms with Gasteiger partial charge in [-0.1, -0.05) is 19.9 Å². The Morgan fingerprint density at radius 2 is 1.96 bits per heavy atom. The first kappa shape index (κ1) is 16.3. The highest BCUT2D eigenvalue weighted by atomic mass is 16.6. The topological polar surface area (TPSA) is 51.7 Å². The highest BCUT2D eigenvalue weighted by molar-refractivity contribution is 5.95. The number of carbonyl (C=O) groups excluding carboxylic acids is 1. The standard InChI is InChI=1S/C19H22N2O3/c1-14(2)12-21(13-16-5-3-4-8-20-16)19(22)15-6-7-17-18(11-15)24-10-9-23-17/h3-8,11,14H,9-10,12-13H2,1-2H3. The molecule has 0 aliphatic carbocycles. The van der Waals surface area contributed by atoms with Crippen LogP contribution < -0.4 is 9.47 Å². The SMILES string of the molecule is CC(C)CN(Cc1ccccn1)C(=O)c1ccc2c(c1)OCCO2. The van der Waals surface area contributed by atoms with E-state index in [-0.39, 0.29) is 5.91 Å².